The second kappa shape index (κ2) is 10.5. The van der Waals surface area contributed by atoms with Crippen molar-refractivity contribution in [2.45, 2.75) is 44.1 Å². The molecule has 1 amide bonds. The highest BCUT2D eigenvalue weighted by atomic mass is 19.4. The number of nitriles is 1. The van der Waals surface area contributed by atoms with E-state index in [4.69, 9.17) is 9.47 Å². The van der Waals surface area contributed by atoms with E-state index in [2.05, 4.69) is 0 Å². The fraction of sp³-hybridized carbons (Fsp3) is 0.360. The first kappa shape index (κ1) is 26.9. The Bertz CT molecular complexity index is 1150. The summed E-state index contributed by atoms with van der Waals surface area (Å²) in [6, 6.07) is 12.3. The van der Waals surface area contributed by atoms with Crippen LogP contribution in [-0.2, 0) is 10.3 Å². The molecule has 0 bridgehead atoms. The third-order valence-electron chi connectivity index (χ3n) is 5.63. The van der Waals surface area contributed by atoms with Gasteiger partial charge < -0.3 is 14.8 Å². The SMILES string of the molecule is CCOc1ccc(C2=C(C#N)C(=O)NC(c3ccc(OCCCC(F)(F)F)cc3)(C(F)(F)F)C2)cc1. The van der Waals surface area contributed by atoms with Gasteiger partial charge in [-0.15, -0.1) is 0 Å². The largest absolute Gasteiger partial charge is 0.494 e. The lowest BCUT2D eigenvalue weighted by Gasteiger charge is -2.40. The maximum absolute atomic E-state index is 14.5. The van der Waals surface area contributed by atoms with Crippen LogP contribution in [0.15, 0.2) is 54.1 Å². The standard InChI is InChI=1S/C25H22F6N2O3/c1-2-35-18-8-4-16(5-9-18)20-14-23(25(29,30)31,33-22(34)21(20)15-32)17-6-10-19(11-7-17)36-13-3-12-24(26,27)28/h4-11H,2-3,12-14H2,1H3,(H,33,34). The van der Waals surface area contributed by atoms with E-state index in [9.17, 15) is 36.4 Å². The van der Waals surface area contributed by atoms with E-state index in [0.29, 0.717) is 12.4 Å². The quantitative estimate of drug-likeness (QED) is 0.345. The van der Waals surface area contributed by atoms with Crippen molar-refractivity contribution < 1.29 is 40.6 Å². The molecule has 1 aliphatic heterocycles. The molecule has 192 valence electrons. The van der Waals surface area contributed by atoms with Gasteiger partial charge in [-0.1, -0.05) is 24.3 Å². The van der Waals surface area contributed by atoms with Gasteiger partial charge in [0.2, 0.25) is 0 Å². The second-order valence-electron chi connectivity index (χ2n) is 8.05. The number of alkyl halides is 6. The summed E-state index contributed by atoms with van der Waals surface area (Å²) in [7, 11) is 0. The highest BCUT2D eigenvalue weighted by Gasteiger charge is 2.59. The molecule has 3 rings (SSSR count). The summed E-state index contributed by atoms with van der Waals surface area (Å²) < 4.78 is 90.9. The molecule has 0 saturated carbocycles. The van der Waals surface area contributed by atoms with Crippen LogP contribution < -0.4 is 14.8 Å². The Kier molecular flexibility index (Phi) is 7.86. The van der Waals surface area contributed by atoms with E-state index in [1.165, 1.54) is 36.4 Å². The summed E-state index contributed by atoms with van der Waals surface area (Å²) in [5.41, 5.74) is -3.39. The third kappa shape index (κ3) is 5.93. The van der Waals surface area contributed by atoms with Crippen LogP contribution in [0.4, 0.5) is 26.3 Å². The van der Waals surface area contributed by atoms with Crippen molar-refractivity contribution in [1.29, 1.82) is 5.26 Å². The number of amides is 1. The van der Waals surface area contributed by atoms with Crippen LogP contribution >= 0.6 is 0 Å². The zero-order chi connectivity index (χ0) is 26.6. The smallest absolute Gasteiger partial charge is 0.416 e. The average molecular weight is 512 g/mol. The molecule has 11 heteroatoms. The van der Waals surface area contributed by atoms with Gasteiger partial charge in [0.1, 0.15) is 23.1 Å². The Morgan fingerprint density at radius 1 is 0.972 bits per heavy atom. The number of ether oxygens (including phenoxy) is 2. The van der Waals surface area contributed by atoms with E-state index in [1.807, 2.05) is 5.32 Å². The molecule has 2 aromatic rings. The fourth-order valence-electron chi connectivity index (χ4n) is 3.88. The minimum absolute atomic E-state index is 0.0749. The Morgan fingerprint density at radius 2 is 1.56 bits per heavy atom. The number of benzene rings is 2. The average Bonchev–Trinajstić information content (AvgIpc) is 2.81. The van der Waals surface area contributed by atoms with E-state index >= 15 is 0 Å². The molecular weight excluding hydrogens is 490 g/mol. The van der Waals surface area contributed by atoms with Gasteiger partial charge in [-0.2, -0.15) is 31.6 Å². The van der Waals surface area contributed by atoms with Gasteiger partial charge in [0, 0.05) is 12.8 Å². The Hall–Kier alpha value is -3.68. The number of carbonyl (C=O) groups is 1. The summed E-state index contributed by atoms with van der Waals surface area (Å²) in [6.45, 7) is 1.88. The number of carbonyl (C=O) groups excluding carboxylic acids is 1. The van der Waals surface area contributed by atoms with E-state index in [0.717, 1.165) is 12.1 Å². The molecule has 0 radical (unpaired) electrons. The topological polar surface area (TPSA) is 71.3 Å². The molecule has 0 aliphatic carbocycles. The molecule has 1 heterocycles. The summed E-state index contributed by atoms with van der Waals surface area (Å²) in [5, 5.41) is 11.5. The lowest BCUT2D eigenvalue weighted by molar-refractivity contribution is -0.201. The Morgan fingerprint density at radius 3 is 2.08 bits per heavy atom. The van der Waals surface area contributed by atoms with Crippen LogP contribution in [-0.4, -0.2) is 31.5 Å². The highest BCUT2D eigenvalue weighted by molar-refractivity contribution is 6.07. The Balaban J connectivity index is 1.93. The first-order valence-corrected chi connectivity index (χ1v) is 11.0. The number of rotatable bonds is 8. The lowest BCUT2D eigenvalue weighted by atomic mass is 9.76. The minimum atomic E-state index is -4.95. The zero-order valence-corrected chi connectivity index (χ0v) is 19.1. The normalized spacial score (nSPS) is 18.4. The van der Waals surface area contributed by atoms with Crippen LogP contribution in [0.3, 0.4) is 0 Å². The zero-order valence-electron chi connectivity index (χ0n) is 19.1. The first-order valence-electron chi connectivity index (χ1n) is 11.0. The molecule has 1 atom stereocenters. The van der Waals surface area contributed by atoms with Crippen LogP contribution in [0, 0.1) is 11.3 Å². The maximum atomic E-state index is 14.5. The van der Waals surface area contributed by atoms with Gasteiger partial charge in [-0.25, -0.2) is 0 Å². The number of nitrogens with zero attached hydrogens (tertiary/aromatic N) is 1. The van der Waals surface area contributed by atoms with E-state index < -0.39 is 42.2 Å². The van der Waals surface area contributed by atoms with Gasteiger partial charge >= 0.3 is 12.4 Å². The highest BCUT2D eigenvalue weighted by Crippen LogP contribution is 2.48. The number of nitrogens with one attached hydrogen (secondary N) is 1. The van der Waals surface area contributed by atoms with Crippen LogP contribution in [0.2, 0.25) is 0 Å². The van der Waals surface area contributed by atoms with Crippen molar-refractivity contribution >= 4 is 11.5 Å². The third-order valence-corrected chi connectivity index (χ3v) is 5.63. The number of hydrogen-bond donors (Lipinski definition) is 1. The molecule has 1 unspecified atom stereocenters. The van der Waals surface area contributed by atoms with Crippen LogP contribution in [0.5, 0.6) is 11.5 Å². The first-order chi connectivity index (χ1) is 16.9. The lowest BCUT2D eigenvalue weighted by Crippen LogP contribution is -2.58. The van der Waals surface area contributed by atoms with Gasteiger partial charge in [-0.3, -0.25) is 4.79 Å². The molecule has 1 N–H and O–H groups in total. The molecular formula is C25H22F6N2O3. The molecule has 36 heavy (non-hydrogen) atoms. The van der Waals surface area contributed by atoms with Gasteiger partial charge in [0.15, 0.2) is 5.54 Å². The van der Waals surface area contributed by atoms with Crippen molar-refractivity contribution in [3.05, 3.63) is 65.2 Å². The summed E-state index contributed by atoms with van der Waals surface area (Å²) in [4.78, 5) is 12.7. The summed E-state index contributed by atoms with van der Waals surface area (Å²) in [6.07, 6.45) is -11.4. The van der Waals surface area contributed by atoms with Crippen molar-refractivity contribution in [3.63, 3.8) is 0 Å². The molecule has 1 aliphatic rings. The second-order valence-corrected chi connectivity index (χ2v) is 8.05. The van der Waals surface area contributed by atoms with Crippen LogP contribution in [0.25, 0.3) is 5.57 Å². The molecule has 0 saturated heterocycles. The van der Waals surface area contributed by atoms with E-state index in [1.54, 1.807) is 13.0 Å². The predicted molar refractivity (Wildman–Crippen MR) is 118 cm³/mol. The fourth-order valence-corrected chi connectivity index (χ4v) is 3.88. The maximum Gasteiger partial charge on any atom is 0.416 e. The molecule has 0 fully saturated rings. The molecule has 0 spiro atoms. The van der Waals surface area contributed by atoms with Crippen molar-refractivity contribution in [2.24, 2.45) is 0 Å². The van der Waals surface area contributed by atoms with Gasteiger partial charge in [0.05, 0.1) is 13.2 Å². The van der Waals surface area contributed by atoms with Crippen molar-refractivity contribution in [2.75, 3.05) is 13.2 Å². The number of halogens is 6. The summed E-state index contributed by atoms with van der Waals surface area (Å²) in [5.74, 6) is -0.605. The summed E-state index contributed by atoms with van der Waals surface area (Å²) >= 11 is 0. The van der Waals surface area contributed by atoms with Gasteiger partial charge in [0.25, 0.3) is 5.91 Å². The molecule has 2 aromatic carbocycles. The Labute approximate surface area is 203 Å². The molecule has 5 nitrogen and oxygen atoms in total. The minimum Gasteiger partial charge on any atom is -0.494 e. The monoisotopic (exact) mass is 512 g/mol. The van der Waals surface area contributed by atoms with Crippen molar-refractivity contribution in [3.8, 4) is 17.6 Å². The number of hydrogen-bond acceptors (Lipinski definition) is 4. The van der Waals surface area contributed by atoms with Gasteiger partial charge in [-0.05, 0) is 54.3 Å². The van der Waals surface area contributed by atoms with Crippen molar-refractivity contribution in [1.82, 2.24) is 5.32 Å². The molecule has 0 aromatic heterocycles. The van der Waals surface area contributed by atoms with E-state index in [-0.39, 0.29) is 35.5 Å². The predicted octanol–water partition coefficient (Wildman–Crippen LogP) is 6.06. The van der Waals surface area contributed by atoms with Crippen LogP contribution in [0.1, 0.15) is 37.3 Å².